The highest BCUT2D eigenvalue weighted by atomic mass is 35.5. The topological polar surface area (TPSA) is 12.0 Å². The molecule has 0 fully saturated rings. The van der Waals surface area contributed by atoms with Gasteiger partial charge in [-0.1, -0.05) is 41.4 Å². The lowest BCUT2D eigenvalue weighted by atomic mass is 10.3. The zero-order valence-electron chi connectivity index (χ0n) is 7.40. The summed E-state index contributed by atoms with van der Waals surface area (Å²) in [5.74, 6) is 0. The summed E-state index contributed by atoms with van der Waals surface area (Å²) in [6, 6.07) is 5.50. The van der Waals surface area contributed by atoms with E-state index in [9.17, 15) is 0 Å². The standard InChI is InChI=1S/C10H11Cl2N/c1-7(2)6-13-9-5-3-4-8(11)10(9)12/h3-5,13H,1,6H2,2H3. The lowest BCUT2D eigenvalue weighted by Gasteiger charge is -2.08. The third kappa shape index (κ3) is 2.94. The van der Waals surface area contributed by atoms with Crippen molar-refractivity contribution < 1.29 is 0 Å². The van der Waals surface area contributed by atoms with Gasteiger partial charge in [0.05, 0.1) is 15.7 Å². The summed E-state index contributed by atoms with van der Waals surface area (Å²) in [4.78, 5) is 0. The van der Waals surface area contributed by atoms with Crippen molar-refractivity contribution in [1.82, 2.24) is 0 Å². The Kier molecular flexibility index (Phi) is 3.64. The Hall–Kier alpha value is -0.660. The molecule has 1 aromatic carbocycles. The molecular weight excluding hydrogens is 205 g/mol. The first-order valence-electron chi connectivity index (χ1n) is 3.93. The zero-order chi connectivity index (χ0) is 9.84. The summed E-state index contributed by atoms with van der Waals surface area (Å²) in [5.41, 5.74) is 1.90. The monoisotopic (exact) mass is 215 g/mol. The third-order valence-electron chi connectivity index (χ3n) is 1.53. The summed E-state index contributed by atoms with van der Waals surface area (Å²) in [5, 5.41) is 4.26. The van der Waals surface area contributed by atoms with Crippen LogP contribution in [0.2, 0.25) is 10.0 Å². The van der Waals surface area contributed by atoms with Crippen molar-refractivity contribution in [3.63, 3.8) is 0 Å². The Labute approximate surface area is 88.4 Å². The minimum Gasteiger partial charge on any atom is -0.380 e. The van der Waals surface area contributed by atoms with Crippen molar-refractivity contribution in [2.75, 3.05) is 11.9 Å². The van der Waals surface area contributed by atoms with Gasteiger partial charge in [0.25, 0.3) is 0 Å². The lowest BCUT2D eigenvalue weighted by molar-refractivity contribution is 1.22. The van der Waals surface area contributed by atoms with E-state index in [1.54, 1.807) is 6.07 Å². The Morgan fingerprint density at radius 3 is 2.77 bits per heavy atom. The number of nitrogens with one attached hydrogen (secondary N) is 1. The predicted molar refractivity (Wildman–Crippen MR) is 59.8 cm³/mol. The van der Waals surface area contributed by atoms with Gasteiger partial charge < -0.3 is 5.32 Å². The number of benzene rings is 1. The van der Waals surface area contributed by atoms with Crippen LogP contribution in [0.15, 0.2) is 30.4 Å². The highest BCUT2D eigenvalue weighted by molar-refractivity contribution is 6.43. The van der Waals surface area contributed by atoms with E-state index in [2.05, 4.69) is 11.9 Å². The van der Waals surface area contributed by atoms with E-state index < -0.39 is 0 Å². The van der Waals surface area contributed by atoms with E-state index in [0.29, 0.717) is 16.6 Å². The van der Waals surface area contributed by atoms with E-state index in [1.165, 1.54) is 0 Å². The van der Waals surface area contributed by atoms with E-state index in [1.807, 2.05) is 19.1 Å². The predicted octanol–water partition coefficient (Wildman–Crippen LogP) is 3.98. The van der Waals surface area contributed by atoms with Crippen LogP contribution in [0.25, 0.3) is 0 Å². The number of halogens is 2. The van der Waals surface area contributed by atoms with Crippen molar-refractivity contribution in [2.24, 2.45) is 0 Å². The molecule has 0 saturated heterocycles. The molecule has 0 spiro atoms. The maximum absolute atomic E-state index is 5.95. The van der Waals surface area contributed by atoms with Gasteiger partial charge in [-0.3, -0.25) is 0 Å². The van der Waals surface area contributed by atoms with Crippen LogP contribution in [0.1, 0.15) is 6.92 Å². The first-order chi connectivity index (χ1) is 6.11. The van der Waals surface area contributed by atoms with Gasteiger partial charge in [0.2, 0.25) is 0 Å². The highest BCUT2D eigenvalue weighted by Crippen LogP contribution is 2.29. The number of hydrogen-bond acceptors (Lipinski definition) is 1. The molecule has 0 saturated carbocycles. The molecule has 0 amide bonds. The molecule has 1 rings (SSSR count). The Morgan fingerprint density at radius 2 is 2.15 bits per heavy atom. The van der Waals surface area contributed by atoms with Crippen LogP contribution in [0.4, 0.5) is 5.69 Å². The molecule has 0 heterocycles. The van der Waals surface area contributed by atoms with E-state index in [4.69, 9.17) is 23.2 Å². The molecule has 0 unspecified atom stereocenters. The molecular formula is C10H11Cl2N. The molecule has 1 N–H and O–H groups in total. The van der Waals surface area contributed by atoms with Gasteiger partial charge in [-0.05, 0) is 19.1 Å². The van der Waals surface area contributed by atoms with Gasteiger partial charge in [0.15, 0.2) is 0 Å². The Bertz CT molecular complexity index is 321. The Balaban J connectivity index is 2.77. The third-order valence-corrected chi connectivity index (χ3v) is 2.35. The van der Waals surface area contributed by atoms with Crippen molar-refractivity contribution in [3.05, 3.63) is 40.4 Å². The fourth-order valence-electron chi connectivity index (χ4n) is 0.886. The van der Waals surface area contributed by atoms with Crippen LogP contribution >= 0.6 is 23.2 Å². The average Bonchev–Trinajstić information content (AvgIpc) is 2.07. The SMILES string of the molecule is C=C(C)CNc1cccc(Cl)c1Cl. The van der Waals surface area contributed by atoms with Gasteiger partial charge in [-0.15, -0.1) is 0 Å². The summed E-state index contributed by atoms with van der Waals surface area (Å²) in [6.07, 6.45) is 0. The Morgan fingerprint density at radius 1 is 1.46 bits per heavy atom. The van der Waals surface area contributed by atoms with Crippen LogP contribution in [-0.4, -0.2) is 6.54 Å². The van der Waals surface area contributed by atoms with Gasteiger partial charge in [0.1, 0.15) is 0 Å². The van der Waals surface area contributed by atoms with Crippen LogP contribution in [-0.2, 0) is 0 Å². The molecule has 0 aromatic heterocycles. The van der Waals surface area contributed by atoms with Gasteiger partial charge in [-0.2, -0.15) is 0 Å². The van der Waals surface area contributed by atoms with Crippen molar-refractivity contribution in [1.29, 1.82) is 0 Å². The fraction of sp³-hybridized carbons (Fsp3) is 0.200. The molecule has 3 heteroatoms. The molecule has 0 aliphatic carbocycles. The largest absolute Gasteiger partial charge is 0.380 e. The van der Waals surface area contributed by atoms with Crippen LogP contribution in [0.3, 0.4) is 0 Å². The molecule has 1 nitrogen and oxygen atoms in total. The van der Waals surface area contributed by atoms with Gasteiger partial charge >= 0.3 is 0 Å². The molecule has 70 valence electrons. The number of rotatable bonds is 3. The minimum atomic E-state index is 0.561. The second-order valence-electron chi connectivity index (χ2n) is 2.91. The van der Waals surface area contributed by atoms with E-state index in [0.717, 1.165) is 11.3 Å². The zero-order valence-corrected chi connectivity index (χ0v) is 8.91. The minimum absolute atomic E-state index is 0.561. The summed E-state index contributed by atoms with van der Waals surface area (Å²) < 4.78 is 0. The summed E-state index contributed by atoms with van der Waals surface area (Å²) in [6.45, 7) is 6.44. The van der Waals surface area contributed by atoms with Crippen LogP contribution in [0, 0.1) is 0 Å². The first kappa shape index (κ1) is 10.4. The quantitative estimate of drug-likeness (QED) is 0.753. The normalized spacial score (nSPS) is 9.77. The van der Waals surface area contributed by atoms with E-state index in [-0.39, 0.29) is 0 Å². The van der Waals surface area contributed by atoms with Crippen molar-refractivity contribution in [3.8, 4) is 0 Å². The lowest BCUT2D eigenvalue weighted by Crippen LogP contribution is -2.02. The molecule has 0 bridgehead atoms. The summed E-state index contributed by atoms with van der Waals surface area (Å²) >= 11 is 11.8. The van der Waals surface area contributed by atoms with Crippen molar-refractivity contribution >= 4 is 28.9 Å². The maximum atomic E-state index is 5.95. The molecule has 0 aliphatic rings. The molecule has 0 aliphatic heterocycles. The summed E-state index contributed by atoms with van der Waals surface area (Å²) in [7, 11) is 0. The fourth-order valence-corrected chi connectivity index (χ4v) is 1.25. The first-order valence-corrected chi connectivity index (χ1v) is 4.69. The molecule has 0 radical (unpaired) electrons. The smallest absolute Gasteiger partial charge is 0.0823 e. The second-order valence-corrected chi connectivity index (χ2v) is 3.70. The highest BCUT2D eigenvalue weighted by Gasteiger charge is 2.02. The molecule has 13 heavy (non-hydrogen) atoms. The van der Waals surface area contributed by atoms with E-state index >= 15 is 0 Å². The van der Waals surface area contributed by atoms with Crippen LogP contribution < -0.4 is 5.32 Å². The number of anilines is 1. The molecule has 0 atom stereocenters. The van der Waals surface area contributed by atoms with Crippen molar-refractivity contribution in [2.45, 2.75) is 6.92 Å². The van der Waals surface area contributed by atoms with Gasteiger partial charge in [0, 0.05) is 6.54 Å². The number of hydrogen-bond donors (Lipinski definition) is 1. The van der Waals surface area contributed by atoms with Gasteiger partial charge in [-0.25, -0.2) is 0 Å². The van der Waals surface area contributed by atoms with Crippen LogP contribution in [0.5, 0.6) is 0 Å². The average molecular weight is 216 g/mol. The second kappa shape index (κ2) is 4.54. The molecule has 1 aromatic rings. The maximum Gasteiger partial charge on any atom is 0.0823 e.